The highest BCUT2D eigenvalue weighted by Gasteiger charge is 2.27. The summed E-state index contributed by atoms with van der Waals surface area (Å²) in [5, 5.41) is 14.7. The standard InChI is InChI=1S/C25H30N6O4S2/c1-16-13-20(35-4)14-17(2)22(16)37(33,34)31(3)15-21-29-30-25(36-21)24(32)28-10-9-18-5-7-19(8-6-18)23-26-11-12-27-23/h5-8,13-14H,9-12,15H2,1-4H3,(H,26,27)(H,28,32). The number of nitrogens with one attached hydrogen (secondary N) is 2. The third-order valence-corrected chi connectivity index (χ3v) is 8.97. The second-order valence-electron chi connectivity index (χ2n) is 8.71. The maximum Gasteiger partial charge on any atom is 0.282 e. The van der Waals surface area contributed by atoms with E-state index in [0.29, 0.717) is 34.8 Å². The van der Waals surface area contributed by atoms with Crippen LogP contribution in [0.4, 0.5) is 0 Å². The summed E-state index contributed by atoms with van der Waals surface area (Å²) in [5.41, 5.74) is 3.34. The number of amides is 1. The first-order valence-corrected chi connectivity index (χ1v) is 14.0. The van der Waals surface area contributed by atoms with E-state index in [-0.39, 0.29) is 22.4 Å². The normalized spacial score (nSPS) is 13.4. The van der Waals surface area contributed by atoms with Crippen molar-refractivity contribution in [1.29, 1.82) is 0 Å². The van der Waals surface area contributed by atoms with Crippen molar-refractivity contribution >= 4 is 33.1 Å². The molecule has 37 heavy (non-hydrogen) atoms. The van der Waals surface area contributed by atoms with Crippen molar-refractivity contribution in [2.75, 3.05) is 33.8 Å². The molecule has 0 aliphatic carbocycles. The SMILES string of the molecule is COc1cc(C)c(S(=O)(=O)N(C)Cc2nnc(C(=O)NCCc3ccc(C4=NCCN4)cc3)s2)c(C)c1. The van der Waals surface area contributed by atoms with Gasteiger partial charge >= 0.3 is 0 Å². The Morgan fingerprint density at radius 3 is 2.49 bits per heavy atom. The quantitative estimate of drug-likeness (QED) is 0.403. The van der Waals surface area contributed by atoms with Gasteiger partial charge in [-0.3, -0.25) is 9.79 Å². The zero-order valence-corrected chi connectivity index (χ0v) is 22.9. The molecule has 0 atom stereocenters. The Morgan fingerprint density at radius 2 is 1.86 bits per heavy atom. The molecule has 3 aromatic rings. The van der Waals surface area contributed by atoms with Gasteiger partial charge in [0.2, 0.25) is 15.0 Å². The number of carbonyl (C=O) groups is 1. The Kier molecular flexibility index (Phi) is 8.20. The molecule has 2 heterocycles. The molecule has 0 radical (unpaired) electrons. The largest absolute Gasteiger partial charge is 0.497 e. The average Bonchev–Trinajstić information content (AvgIpc) is 3.56. The number of amidine groups is 1. The Hall–Kier alpha value is -3.35. The summed E-state index contributed by atoms with van der Waals surface area (Å²) in [6.07, 6.45) is 0.666. The van der Waals surface area contributed by atoms with Crippen molar-refractivity contribution in [3.05, 3.63) is 68.7 Å². The van der Waals surface area contributed by atoms with Crippen LogP contribution in [0.3, 0.4) is 0 Å². The summed E-state index contributed by atoms with van der Waals surface area (Å²) >= 11 is 1.08. The molecule has 196 valence electrons. The van der Waals surface area contributed by atoms with Gasteiger partial charge in [0, 0.05) is 25.7 Å². The lowest BCUT2D eigenvalue weighted by Crippen LogP contribution is -2.27. The van der Waals surface area contributed by atoms with Crippen molar-refractivity contribution < 1.29 is 17.9 Å². The zero-order valence-electron chi connectivity index (χ0n) is 21.2. The number of rotatable bonds is 10. The monoisotopic (exact) mass is 542 g/mol. The molecule has 1 amide bonds. The van der Waals surface area contributed by atoms with Crippen LogP contribution in [0.5, 0.6) is 5.75 Å². The Balaban J connectivity index is 1.33. The molecule has 1 aliphatic heterocycles. The second-order valence-corrected chi connectivity index (χ2v) is 11.8. The molecule has 0 saturated carbocycles. The topological polar surface area (TPSA) is 126 Å². The fourth-order valence-corrected chi connectivity index (χ4v) is 6.52. The van der Waals surface area contributed by atoms with Gasteiger partial charge in [-0.1, -0.05) is 35.6 Å². The van der Waals surface area contributed by atoms with Crippen molar-refractivity contribution in [1.82, 2.24) is 25.1 Å². The highest BCUT2D eigenvalue weighted by atomic mass is 32.2. The minimum Gasteiger partial charge on any atom is -0.497 e. The van der Waals surface area contributed by atoms with Crippen LogP contribution in [0.1, 0.15) is 37.1 Å². The Labute approximate surface area is 220 Å². The number of aryl methyl sites for hydroxylation is 2. The number of ether oxygens (including phenoxy) is 1. The van der Waals surface area contributed by atoms with Crippen LogP contribution in [0.2, 0.25) is 0 Å². The fourth-order valence-electron chi connectivity index (χ4n) is 4.09. The molecule has 0 spiro atoms. The van der Waals surface area contributed by atoms with Crippen molar-refractivity contribution in [2.45, 2.75) is 31.7 Å². The van der Waals surface area contributed by atoms with E-state index in [9.17, 15) is 13.2 Å². The molecule has 12 heteroatoms. The predicted octanol–water partition coefficient (Wildman–Crippen LogP) is 2.31. The molecule has 2 aromatic carbocycles. The summed E-state index contributed by atoms with van der Waals surface area (Å²) in [5.74, 6) is 1.18. The van der Waals surface area contributed by atoms with Gasteiger partial charge in [0.25, 0.3) is 5.91 Å². The summed E-state index contributed by atoms with van der Waals surface area (Å²) < 4.78 is 32.9. The van der Waals surface area contributed by atoms with E-state index in [0.717, 1.165) is 41.4 Å². The number of aromatic nitrogens is 2. The molecular weight excluding hydrogens is 512 g/mol. The van der Waals surface area contributed by atoms with E-state index >= 15 is 0 Å². The van der Waals surface area contributed by atoms with Gasteiger partial charge in [0.1, 0.15) is 16.6 Å². The number of aliphatic imine (C=N–C) groups is 1. The van der Waals surface area contributed by atoms with Crippen LogP contribution < -0.4 is 15.4 Å². The number of benzene rings is 2. The van der Waals surface area contributed by atoms with E-state index in [1.165, 1.54) is 11.4 Å². The molecule has 0 bridgehead atoms. The van der Waals surface area contributed by atoms with E-state index in [1.807, 2.05) is 24.3 Å². The number of nitrogens with zero attached hydrogens (tertiary/aromatic N) is 4. The molecule has 0 unspecified atom stereocenters. The fraction of sp³-hybridized carbons (Fsp3) is 0.360. The molecular formula is C25H30N6O4S2. The third kappa shape index (κ3) is 6.14. The van der Waals surface area contributed by atoms with Crippen LogP contribution in [0.15, 0.2) is 46.3 Å². The molecule has 2 N–H and O–H groups in total. The number of hydrogen-bond donors (Lipinski definition) is 2. The molecule has 0 saturated heterocycles. The molecule has 1 aromatic heterocycles. The zero-order chi connectivity index (χ0) is 26.6. The van der Waals surface area contributed by atoms with E-state index in [4.69, 9.17) is 4.74 Å². The minimum absolute atomic E-state index is 0.00465. The highest BCUT2D eigenvalue weighted by Crippen LogP contribution is 2.28. The number of carbonyl (C=O) groups excluding carboxylic acids is 1. The summed E-state index contributed by atoms with van der Waals surface area (Å²) in [7, 11) is -0.755. The molecule has 4 rings (SSSR count). The molecule has 10 nitrogen and oxygen atoms in total. The summed E-state index contributed by atoms with van der Waals surface area (Å²) in [4.78, 5) is 17.2. The highest BCUT2D eigenvalue weighted by molar-refractivity contribution is 7.89. The molecule has 0 fully saturated rings. The lowest BCUT2D eigenvalue weighted by atomic mass is 10.1. The van der Waals surface area contributed by atoms with Crippen LogP contribution >= 0.6 is 11.3 Å². The van der Waals surface area contributed by atoms with Crippen molar-refractivity contribution in [3.8, 4) is 5.75 Å². The number of hydrogen-bond acceptors (Lipinski definition) is 9. The van der Waals surface area contributed by atoms with Gasteiger partial charge in [-0.05, 0) is 49.1 Å². The van der Waals surface area contributed by atoms with E-state index in [1.54, 1.807) is 33.1 Å². The van der Waals surface area contributed by atoms with Gasteiger partial charge in [0.05, 0.1) is 25.1 Å². The average molecular weight is 543 g/mol. The molecule has 1 aliphatic rings. The van der Waals surface area contributed by atoms with Gasteiger partial charge < -0.3 is 15.4 Å². The van der Waals surface area contributed by atoms with Gasteiger partial charge in [0.15, 0.2) is 0 Å². The number of sulfonamides is 1. The summed E-state index contributed by atoms with van der Waals surface area (Å²) in [6, 6.07) is 11.5. The predicted molar refractivity (Wildman–Crippen MR) is 143 cm³/mol. The van der Waals surface area contributed by atoms with Crippen molar-refractivity contribution in [3.63, 3.8) is 0 Å². The lowest BCUT2D eigenvalue weighted by Gasteiger charge is -2.19. The maximum absolute atomic E-state index is 13.2. The third-order valence-electron chi connectivity index (χ3n) is 5.96. The lowest BCUT2D eigenvalue weighted by molar-refractivity contribution is 0.0953. The Morgan fingerprint density at radius 1 is 1.16 bits per heavy atom. The first-order chi connectivity index (χ1) is 17.7. The second kappa shape index (κ2) is 11.4. The first kappa shape index (κ1) is 26.7. The van der Waals surface area contributed by atoms with Gasteiger partial charge in [-0.25, -0.2) is 8.42 Å². The van der Waals surface area contributed by atoms with Crippen LogP contribution in [0, 0.1) is 13.8 Å². The number of methoxy groups -OCH3 is 1. The van der Waals surface area contributed by atoms with Gasteiger partial charge in [-0.2, -0.15) is 4.31 Å². The maximum atomic E-state index is 13.2. The summed E-state index contributed by atoms with van der Waals surface area (Å²) in [6.45, 7) is 5.58. The minimum atomic E-state index is -3.78. The van der Waals surface area contributed by atoms with E-state index < -0.39 is 10.0 Å². The van der Waals surface area contributed by atoms with Crippen LogP contribution in [-0.2, 0) is 23.0 Å². The van der Waals surface area contributed by atoms with E-state index in [2.05, 4.69) is 25.8 Å². The van der Waals surface area contributed by atoms with Gasteiger partial charge in [-0.15, -0.1) is 10.2 Å². The van der Waals surface area contributed by atoms with Crippen LogP contribution in [0.25, 0.3) is 0 Å². The smallest absolute Gasteiger partial charge is 0.282 e. The van der Waals surface area contributed by atoms with Crippen LogP contribution in [-0.4, -0.2) is 68.5 Å². The first-order valence-electron chi connectivity index (χ1n) is 11.8. The Bertz CT molecular complexity index is 1390. The van der Waals surface area contributed by atoms with Crippen molar-refractivity contribution in [2.24, 2.45) is 4.99 Å².